The van der Waals surface area contributed by atoms with Crippen LogP contribution in [0.15, 0.2) is 36.4 Å². The second-order valence-electron chi connectivity index (χ2n) is 8.88. The van der Waals surface area contributed by atoms with E-state index in [1.165, 1.54) is 0 Å². The Kier molecular flexibility index (Phi) is 5.33. The van der Waals surface area contributed by atoms with E-state index < -0.39 is 10.8 Å². The molecule has 1 N–H and O–H groups in total. The average molecular weight is 408 g/mol. The van der Waals surface area contributed by atoms with Crippen LogP contribution in [0.25, 0.3) is 0 Å². The summed E-state index contributed by atoms with van der Waals surface area (Å²) in [6.07, 6.45) is 0.796. The molecule has 0 unspecified atom stereocenters. The number of hydrogen-bond donors (Lipinski definition) is 1. The first-order valence-corrected chi connectivity index (χ1v) is 9.87. The van der Waals surface area contributed by atoms with Crippen molar-refractivity contribution in [3.8, 4) is 0 Å². The van der Waals surface area contributed by atoms with Gasteiger partial charge in [-0.2, -0.15) is 0 Å². The van der Waals surface area contributed by atoms with Crippen LogP contribution in [0.2, 0.25) is 0 Å². The molecule has 2 heterocycles. The van der Waals surface area contributed by atoms with Gasteiger partial charge in [0.2, 0.25) is 11.8 Å². The van der Waals surface area contributed by atoms with Gasteiger partial charge in [-0.1, -0.05) is 24.3 Å². The highest BCUT2D eigenvalue weighted by Gasteiger charge is 2.42. The molecule has 0 aliphatic carbocycles. The van der Waals surface area contributed by atoms with Crippen molar-refractivity contribution >= 4 is 29.5 Å². The Bertz CT molecular complexity index is 1040. The lowest BCUT2D eigenvalue weighted by Crippen LogP contribution is -2.33. The van der Waals surface area contributed by atoms with Crippen LogP contribution < -0.4 is 9.80 Å². The fourth-order valence-electron chi connectivity index (χ4n) is 4.20. The third-order valence-electron chi connectivity index (χ3n) is 6.15. The fourth-order valence-corrected chi connectivity index (χ4v) is 4.20. The van der Waals surface area contributed by atoms with Gasteiger partial charge in [-0.05, 0) is 56.5 Å². The maximum Gasteiger partial charge on any atom is 0.236 e. The molecule has 0 fully saturated rings. The molecule has 158 valence electrons. The summed E-state index contributed by atoms with van der Waals surface area (Å²) in [6, 6.07) is 11.0. The van der Waals surface area contributed by atoms with E-state index in [2.05, 4.69) is 0 Å². The van der Waals surface area contributed by atoms with Crippen molar-refractivity contribution in [2.24, 2.45) is 0 Å². The lowest BCUT2D eigenvalue weighted by atomic mass is 9.86. The van der Waals surface area contributed by atoms with Crippen molar-refractivity contribution in [2.45, 2.75) is 45.1 Å². The lowest BCUT2D eigenvalue weighted by molar-refractivity contribution is -0.122. The van der Waals surface area contributed by atoms with Crippen molar-refractivity contribution in [3.05, 3.63) is 58.7 Å². The predicted molar refractivity (Wildman–Crippen MR) is 117 cm³/mol. The van der Waals surface area contributed by atoms with Crippen LogP contribution in [0.5, 0.6) is 0 Å². The summed E-state index contributed by atoms with van der Waals surface area (Å²) in [7, 11) is 3.52. The molecule has 2 aromatic rings. The summed E-state index contributed by atoms with van der Waals surface area (Å²) in [5, 5.41) is 9.05. The molecule has 30 heavy (non-hydrogen) atoms. The number of carbonyl (C=O) groups excluding carboxylic acids is 3. The fraction of sp³-hybridized carbons (Fsp3) is 0.375. The molecule has 2 aliphatic heterocycles. The minimum atomic E-state index is -0.481. The molecule has 6 heteroatoms. The van der Waals surface area contributed by atoms with Crippen molar-refractivity contribution in [3.63, 3.8) is 0 Å². The first kappa shape index (κ1) is 21.7. The van der Waals surface area contributed by atoms with Gasteiger partial charge in [0.05, 0.1) is 17.4 Å². The third-order valence-corrected chi connectivity index (χ3v) is 6.15. The third kappa shape index (κ3) is 3.21. The van der Waals surface area contributed by atoms with Gasteiger partial charge < -0.3 is 14.9 Å². The van der Waals surface area contributed by atoms with Crippen LogP contribution in [0, 0.1) is 0 Å². The molecular weight excluding hydrogens is 380 g/mol. The zero-order valence-corrected chi connectivity index (χ0v) is 18.3. The standard InChI is InChI=1S/C12H15NO2.C12H13NO2/c2*1-12(2)9-5-4-8(7-14)6-10(9)13(3)11(12)15/h4-6,14H,7H2,1-3H3;4-7H,1-3H3. The van der Waals surface area contributed by atoms with Crippen molar-refractivity contribution in [1.29, 1.82) is 0 Å². The van der Waals surface area contributed by atoms with Crippen molar-refractivity contribution in [2.75, 3.05) is 23.9 Å². The molecule has 0 radical (unpaired) electrons. The van der Waals surface area contributed by atoms with Gasteiger partial charge in [0, 0.05) is 31.0 Å². The van der Waals surface area contributed by atoms with Gasteiger partial charge in [0.15, 0.2) is 0 Å². The summed E-state index contributed by atoms with van der Waals surface area (Å²) in [6.45, 7) is 7.67. The Morgan fingerprint density at radius 1 is 0.833 bits per heavy atom. The van der Waals surface area contributed by atoms with Crippen LogP contribution >= 0.6 is 0 Å². The highest BCUT2D eigenvalue weighted by Crippen LogP contribution is 2.41. The lowest BCUT2D eigenvalue weighted by Gasteiger charge is -2.16. The van der Waals surface area contributed by atoms with Crippen molar-refractivity contribution < 1.29 is 19.5 Å². The van der Waals surface area contributed by atoms with Crippen LogP contribution in [-0.4, -0.2) is 37.3 Å². The zero-order chi connectivity index (χ0) is 22.4. The Hall–Kier alpha value is -2.99. The molecule has 6 nitrogen and oxygen atoms in total. The number of aldehydes is 1. The zero-order valence-electron chi connectivity index (χ0n) is 18.3. The SMILES string of the molecule is CN1C(=O)C(C)(C)c2ccc(C=O)cc21.CN1C(=O)C(C)(C)c2ccc(CO)cc21. The summed E-state index contributed by atoms with van der Waals surface area (Å²) in [5.74, 6) is 0.174. The molecule has 0 bridgehead atoms. The van der Waals surface area contributed by atoms with Crippen LogP contribution in [0.1, 0.15) is 54.7 Å². The number of nitrogens with zero attached hydrogens (tertiary/aromatic N) is 2. The van der Waals surface area contributed by atoms with Crippen molar-refractivity contribution in [1.82, 2.24) is 0 Å². The summed E-state index contributed by atoms with van der Waals surface area (Å²) in [5.41, 5.74) is 4.29. The number of anilines is 2. The molecule has 0 aromatic heterocycles. The summed E-state index contributed by atoms with van der Waals surface area (Å²) >= 11 is 0. The molecule has 2 amide bonds. The highest BCUT2D eigenvalue weighted by atomic mass is 16.3. The smallest absolute Gasteiger partial charge is 0.236 e. The number of fused-ring (bicyclic) bond motifs is 2. The number of aliphatic hydroxyl groups is 1. The summed E-state index contributed by atoms with van der Waals surface area (Å²) in [4.78, 5) is 37.8. The van der Waals surface area contributed by atoms with Gasteiger partial charge in [-0.15, -0.1) is 0 Å². The second-order valence-corrected chi connectivity index (χ2v) is 8.88. The van der Waals surface area contributed by atoms with Gasteiger partial charge in [0.1, 0.15) is 6.29 Å². The molecule has 0 saturated carbocycles. The minimum absolute atomic E-state index is 0.00966. The quantitative estimate of drug-likeness (QED) is 0.774. The molecule has 2 aliphatic rings. The first-order valence-electron chi connectivity index (χ1n) is 9.87. The molecular formula is C24H28N2O4. The van der Waals surface area contributed by atoms with E-state index in [0.717, 1.165) is 34.4 Å². The molecule has 0 spiro atoms. The van der Waals surface area contributed by atoms with E-state index >= 15 is 0 Å². The topological polar surface area (TPSA) is 77.9 Å². The number of carbonyl (C=O) groups is 3. The van der Waals surface area contributed by atoms with Crippen LogP contribution in [-0.2, 0) is 27.0 Å². The molecule has 2 aromatic carbocycles. The Labute approximate surface area is 177 Å². The van der Waals surface area contributed by atoms with E-state index in [1.54, 1.807) is 36.0 Å². The van der Waals surface area contributed by atoms with Gasteiger partial charge in [0.25, 0.3) is 0 Å². The maximum absolute atomic E-state index is 11.9. The second kappa shape index (κ2) is 7.36. The Balaban J connectivity index is 0.000000171. The number of amides is 2. The Morgan fingerprint density at radius 2 is 1.30 bits per heavy atom. The van der Waals surface area contributed by atoms with Gasteiger partial charge in [-0.25, -0.2) is 0 Å². The largest absolute Gasteiger partial charge is 0.392 e. The molecule has 4 rings (SSSR count). The Morgan fingerprint density at radius 3 is 1.77 bits per heavy atom. The van der Waals surface area contributed by atoms with Crippen LogP contribution in [0.4, 0.5) is 11.4 Å². The van der Waals surface area contributed by atoms with E-state index in [9.17, 15) is 14.4 Å². The number of aliphatic hydroxyl groups excluding tert-OH is 1. The normalized spacial score (nSPS) is 18.0. The van der Waals surface area contributed by atoms with E-state index in [1.807, 2.05) is 52.0 Å². The minimum Gasteiger partial charge on any atom is -0.392 e. The monoisotopic (exact) mass is 408 g/mol. The van der Waals surface area contributed by atoms with E-state index in [0.29, 0.717) is 5.56 Å². The van der Waals surface area contributed by atoms with E-state index in [-0.39, 0.29) is 18.4 Å². The highest BCUT2D eigenvalue weighted by molar-refractivity contribution is 6.08. The maximum atomic E-state index is 11.9. The van der Waals surface area contributed by atoms with Crippen LogP contribution in [0.3, 0.4) is 0 Å². The van der Waals surface area contributed by atoms with Gasteiger partial charge >= 0.3 is 0 Å². The average Bonchev–Trinajstić information content (AvgIpc) is 3.02. The molecule has 0 atom stereocenters. The number of benzene rings is 2. The number of likely N-dealkylation sites (N-methyl/N-ethyl adjacent to an activating group) is 2. The summed E-state index contributed by atoms with van der Waals surface area (Å²) < 4.78 is 0. The molecule has 0 saturated heterocycles. The van der Waals surface area contributed by atoms with E-state index in [4.69, 9.17) is 5.11 Å². The first-order chi connectivity index (χ1) is 14.0. The van der Waals surface area contributed by atoms with Gasteiger partial charge in [-0.3, -0.25) is 14.4 Å². The number of hydrogen-bond acceptors (Lipinski definition) is 4. The predicted octanol–water partition coefficient (Wildman–Crippen LogP) is 3.19. The number of rotatable bonds is 2.